The van der Waals surface area contributed by atoms with Crippen molar-refractivity contribution in [2.45, 2.75) is 52.9 Å². The van der Waals surface area contributed by atoms with E-state index in [0.29, 0.717) is 0 Å². The summed E-state index contributed by atoms with van der Waals surface area (Å²) in [5.41, 5.74) is 2.50. The maximum atomic E-state index is 5.96. The first-order chi connectivity index (χ1) is 10.2. The van der Waals surface area contributed by atoms with Crippen LogP contribution in [0.1, 0.15) is 50.2 Å². The molecule has 0 N–H and O–H groups in total. The van der Waals surface area contributed by atoms with Crippen LogP contribution in [0.2, 0.25) is 0 Å². The van der Waals surface area contributed by atoms with Crippen molar-refractivity contribution in [2.24, 2.45) is 5.92 Å². The molecule has 2 nitrogen and oxygen atoms in total. The molecular weight excluding hydrogens is 258 g/mol. The van der Waals surface area contributed by atoms with Crippen LogP contribution in [-0.4, -0.2) is 31.1 Å². The van der Waals surface area contributed by atoms with Gasteiger partial charge in [0.05, 0.1) is 6.61 Å². The van der Waals surface area contributed by atoms with Gasteiger partial charge in [-0.1, -0.05) is 25.1 Å². The Hall–Kier alpha value is -1.02. The van der Waals surface area contributed by atoms with Gasteiger partial charge in [-0.2, -0.15) is 0 Å². The second kappa shape index (κ2) is 8.43. The van der Waals surface area contributed by atoms with Gasteiger partial charge in [0.1, 0.15) is 5.75 Å². The normalized spacial score (nSPS) is 17.1. The number of likely N-dealkylation sites (tertiary alicyclic amines) is 1. The van der Waals surface area contributed by atoms with E-state index in [1.807, 2.05) is 0 Å². The summed E-state index contributed by atoms with van der Waals surface area (Å²) < 4.78 is 5.96. The van der Waals surface area contributed by atoms with Crippen LogP contribution >= 0.6 is 0 Å². The molecule has 21 heavy (non-hydrogen) atoms. The smallest absolute Gasteiger partial charge is 0.125 e. The number of ether oxygens (including phenoxy) is 1. The van der Waals surface area contributed by atoms with Gasteiger partial charge in [0.25, 0.3) is 0 Å². The number of piperidine rings is 1. The highest BCUT2D eigenvalue weighted by Crippen LogP contribution is 2.22. The second-order valence-electron chi connectivity index (χ2n) is 6.65. The van der Waals surface area contributed by atoms with E-state index < -0.39 is 0 Å². The van der Waals surface area contributed by atoms with Crippen molar-refractivity contribution >= 4 is 0 Å². The van der Waals surface area contributed by atoms with E-state index in [9.17, 15) is 0 Å². The molecule has 1 aromatic rings. The molecule has 1 saturated heterocycles. The number of para-hydroxylation sites is 1. The molecule has 0 atom stereocenters. The van der Waals surface area contributed by atoms with Gasteiger partial charge >= 0.3 is 0 Å². The van der Waals surface area contributed by atoms with Crippen LogP contribution in [0.25, 0.3) is 0 Å². The van der Waals surface area contributed by atoms with Crippen molar-refractivity contribution in [2.75, 3.05) is 26.2 Å². The van der Waals surface area contributed by atoms with Gasteiger partial charge in [-0.3, -0.25) is 0 Å². The van der Waals surface area contributed by atoms with Crippen LogP contribution in [0.15, 0.2) is 18.2 Å². The summed E-state index contributed by atoms with van der Waals surface area (Å²) in [6.07, 6.45) is 6.52. The molecule has 2 heteroatoms. The van der Waals surface area contributed by atoms with Crippen LogP contribution in [0.3, 0.4) is 0 Å². The van der Waals surface area contributed by atoms with Crippen molar-refractivity contribution in [1.82, 2.24) is 4.90 Å². The Balaban J connectivity index is 1.56. The summed E-state index contributed by atoms with van der Waals surface area (Å²) >= 11 is 0. The van der Waals surface area contributed by atoms with Crippen LogP contribution in [0.5, 0.6) is 5.75 Å². The molecular formula is C19H31NO. The average Bonchev–Trinajstić information content (AvgIpc) is 2.47. The third kappa shape index (κ3) is 5.35. The molecule has 1 aliphatic heterocycles. The van der Waals surface area contributed by atoms with E-state index in [1.54, 1.807) is 0 Å². The van der Waals surface area contributed by atoms with Crippen LogP contribution in [-0.2, 0) is 0 Å². The monoisotopic (exact) mass is 289 g/mol. The zero-order valence-electron chi connectivity index (χ0n) is 14.0. The Kier molecular flexibility index (Phi) is 6.56. The number of hydrogen-bond acceptors (Lipinski definition) is 2. The van der Waals surface area contributed by atoms with Crippen molar-refractivity contribution in [3.8, 4) is 5.75 Å². The number of unbranched alkanes of at least 4 members (excludes halogenated alkanes) is 2. The lowest BCUT2D eigenvalue weighted by Crippen LogP contribution is -2.33. The van der Waals surface area contributed by atoms with Crippen molar-refractivity contribution < 1.29 is 4.74 Å². The molecule has 1 fully saturated rings. The van der Waals surface area contributed by atoms with Gasteiger partial charge in [0.2, 0.25) is 0 Å². The molecule has 2 rings (SSSR count). The Morgan fingerprint density at radius 2 is 1.71 bits per heavy atom. The minimum atomic E-state index is 0.850. The fourth-order valence-corrected chi connectivity index (χ4v) is 3.10. The molecule has 1 aliphatic rings. The van der Waals surface area contributed by atoms with Gasteiger partial charge < -0.3 is 9.64 Å². The molecule has 1 aromatic carbocycles. The number of aryl methyl sites for hydroxylation is 2. The molecule has 1 heterocycles. The summed E-state index contributed by atoms with van der Waals surface area (Å²) in [5.74, 6) is 2.02. The van der Waals surface area contributed by atoms with E-state index in [4.69, 9.17) is 4.74 Å². The van der Waals surface area contributed by atoms with Crippen molar-refractivity contribution in [3.63, 3.8) is 0 Å². The fourth-order valence-electron chi connectivity index (χ4n) is 3.10. The summed E-state index contributed by atoms with van der Waals surface area (Å²) in [6.45, 7) is 11.4. The topological polar surface area (TPSA) is 12.5 Å². The van der Waals surface area contributed by atoms with E-state index in [0.717, 1.165) is 24.7 Å². The van der Waals surface area contributed by atoms with E-state index in [1.165, 1.54) is 56.4 Å². The van der Waals surface area contributed by atoms with Gasteiger partial charge in [0.15, 0.2) is 0 Å². The predicted molar refractivity (Wildman–Crippen MR) is 90.1 cm³/mol. The standard InChI is InChI=1S/C19H31NO/c1-16-10-13-20(14-11-16)12-5-4-6-15-21-19-17(2)8-7-9-18(19)3/h7-9,16H,4-6,10-15H2,1-3H3. The van der Waals surface area contributed by atoms with Crippen molar-refractivity contribution in [1.29, 1.82) is 0 Å². The number of nitrogens with zero attached hydrogens (tertiary/aromatic N) is 1. The lowest BCUT2D eigenvalue weighted by atomic mass is 9.99. The molecule has 0 spiro atoms. The third-order valence-corrected chi connectivity index (χ3v) is 4.65. The molecule has 0 saturated carbocycles. The van der Waals surface area contributed by atoms with Gasteiger partial charge in [-0.15, -0.1) is 0 Å². The Morgan fingerprint density at radius 3 is 2.38 bits per heavy atom. The first-order valence-electron chi connectivity index (χ1n) is 8.58. The van der Waals surface area contributed by atoms with Gasteiger partial charge in [0, 0.05) is 0 Å². The molecule has 0 aliphatic carbocycles. The average molecular weight is 289 g/mol. The fraction of sp³-hybridized carbons (Fsp3) is 0.684. The molecule has 118 valence electrons. The molecule has 0 unspecified atom stereocenters. The van der Waals surface area contributed by atoms with E-state index in [-0.39, 0.29) is 0 Å². The number of benzene rings is 1. The van der Waals surface area contributed by atoms with Crippen LogP contribution in [0.4, 0.5) is 0 Å². The molecule has 0 aromatic heterocycles. The van der Waals surface area contributed by atoms with Gasteiger partial charge in [-0.05, 0) is 82.6 Å². The highest BCUT2D eigenvalue weighted by molar-refractivity contribution is 5.39. The summed E-state index contributed by atoms with van der Waals surface area (Å²) in [6, 6.07) is 6.34. The predicted octanol–water partition coefficient (Wildman–Crippen LogP) is 4.58. The zero-order valence-corrected chi connectivity index (χ0v) is 14.0. The largest absolute Gasteiger partial charge is 0.493 e. The molecule has 0 radical (unpaired) electrons. The molecule has 0 bridgehead atoms. The minimum Gasteiger partial charge on any atom is -0.493 e. The highest BCUT2D eigenvalue weighted by atomic mass is 16.5. The Labute approximate surface area is 130 Å². The maximum absolute atomic E-state index is 5.96. The maximum Gasteiger partial charge on any atom is 0.125 e. The van der Waals surface area contributed by atoms with E-state index >= 15 is 0 Å². The summed E-state index contributed by atoms with van der Waals surface area (Å²) in [5, 5.41) is 0. The Morgan fingerprint density at radius 1 is 1.05 bits per heavy atom. The quantitative estimate of drug-likeness (QED) is 0.681. The SMILES string of the molecule is Cc1cccc(C)c1OCCCCCN1CCC(C)CC1. The van der Waals surface area contributed by atoms with Crippen molar-refractivity contribution in [3.05, 3.63) is 29.3 Å². The first kappa shape index (κ1) is 16.4. The summed E-state index contributed by atoms with van der Waals surface area (Å²) in [7, 11) is 0. The first-order valence-corrected chi connectivity index (χ1v) is 8.58. The molecule has 0 amide bonds. The van der Waals surface area contributed by atoms with Gasteiger partial charge in [-0.25, -0.2) is 0 Å². The summed E-state index contributed by atoms with van der Waals surface area (Å²) in [4.78, 5) is 2.63. The Bertz CT molecular complexity index is 401. The minimum absolute atomic E-state index is 0.850. The number of hydrogen-bond donors (Lipinski definition) is 0. The lowest BCUT2D eigenvalue weighted by molar-refractivity contribution is 0.187. The lowest BCUT2D eigenvalue weighted by Gasteiger charge is -2.30. The van der Waals surface area contributed by atoms with Crippen LogP contribution in [0, 0.1) is 19.8 Å². The highest BCUT2D eigenvalue weighted by Gasteiger charge is 2.14. The third-order valence-electron chi connectivity index (χ3n) is 4.65. The van der Waals surface area contributed by atoms with Crippen LogP contribution < -0.4 is 4.74 Å². The number of rotatable bonds is 7. The zero-order chi connectivity index (χ0) is 15.1. The van der Waals surface area contributed by atoms with E-state index in [2.05, 4.69) is 43.9 Å². The second-order valence-corrected chi connectivity index (χ2v) is 6.65.